The Morgan fingerprint density at radius 1 is 1.11 bits per heavy atom. The van der Waals surface area contributed by atoms with E-state index in [4.69, 9.17) is 4.74 Å². The van der Waals surface area contributed by atoms with Crippen LogP contribution in [0.15, 0.2) is 72.0 Å². The number of nitrogens with one attached hydrogen (secondary N) is 2. The largest absolute Gasteiger partial charge is 0.573 e. The maximum atomic E-state index is 14.9. The molecule has 3 aromatic carbocycles. The molecular weight excluding hydrogens is 618 g/mol. The Kier molecular flexibility index (Phi) is 9.34. The Balaban J connectivity index is 1.21. The number of urea groups is 1. The molecule has 1 fully saturated rings. The lowest BCUT2D eigenvalue weighted by Crippen LogP contribution is -2.31. The summed E-state index contributed by atoms with van der Waals surface area (Å²) in [6, 6.07) is 13.8. The highest BCUT2D eigenvalue weighted by Gasteiger charge is 2.32. The van der Waals surface area contributed by atoms with Crippen molar-refractivity contribution >= 4 is 45.9 Å². The van der Waals surface area contributed by atoms with E-state index < -0.39 is 18.2 Å². The van der Waals surface area contributed by atoms with Crippen LogP contribution in [-0.2, 0) is 22.7 Å². The summed E-state index contributed by atoms with van der Waals surface area (Å²) in [5.41, 5.74) is 2.94. The van der Waals surface area contributed by atoms with Crippen LogP contribution in [0.3, 0.4) is 0 Å². The topological polar surface area (TPSA) is 123 Å². The number of halogens is 4. The minimum Gasteiger partial charge on any atom is -0.406 e. The van der Waals surface area contributed by atoms with Crippen molar-refractivity contribution in [1.82, 2.24) is 14.8 Å². The quantitative estimate of drug-likeness (QED) is 0.212. The van der Waals surface area contributed by atoms with Gasteiger partial charge in [-0.05, 0) is 61.0 Å². The number of carbonyl (C=O) groups excluding carboxylic acids is 2. The molecule has 1 aliphatic heterocycles. The van der Waals surface area contributed by atoms with E-state index >= 15 is 0 Å². The highest BCUT2D eigenvalue weighted by Crippen LogP contribution is 2.31. The molecule has 4 aromatic rings. The monoisotopic (exact) mass is 643 g/mol. The molecule has 1 saturated heterocycles. The summed E-state index contributed by atoms with van der Waals surface area (Å²) < 4.78 is 62.4. The lowest BCUT2D eigenvalue weighted by molar-refractivity contribution is -0.274. The standard InChI is InChI=1S/C29H25F4N7O4S/c1-17-3-4-18(14-43-2)24(11-17)40-26(41)15-45-28(40)37-27(42)36-19-5-10-23(22(30)12-19)34-13-25-35-16-39(38-25)20-6-8-21(9-7-20)44-29(31,32)33/h3-12,16,34H,13-15H2,1-2H3,(H,36,42). The van der Waals surface area contributed by atoms with Gasteiger partial charge in [0.2, 0.25) is 5.91 Å². The number of hydrogen-bond acceptors (Lipinski definition) is 8. The summed E-state index contributed by atoms with van der Waals surface area (Å²) in [7, 11) is 1.54. The van der Waals surface area contributed by atoms with Crippen LogP contribution in [0.25, 0.3) is 5.69 Å². The molecule has 3 amide bonds. The van der Waals surface area contributed by atoms with Crippen molar-refractivity contribution in [2.24, 2.45) is 4.99 Å². The van der Waals surface area contributed by atoms with E-state index in [1.54, 1.807) is 7.11 Å². The SMILES string of the molecule is COCc1ccc(C)cc1N1C(=O)CSC1=NC(=O)Nc1ccc(NCc2ncn(-c3ccc(OC(F)(F)F)cc3)n2)c(F)c1. The molecule has 1 aliphatic rings. The molecule has 0 unspecified atom stereocenters. The number of alkyl halides is 3. The van der Waals surface area contributed by atoms with Crippen LogP contribution in [0.4, 0.5) is 39.4 Å². The van der Waals surface area contributed by atoms with Gasteiger partial charge in [0, 0.05) is 18.4 Å². The van der Waals surface area contributed by atoms with Crippen LogP contribution in [0.5, 0.6) is 5.75 Å². The maximum Gasteiger partial charge on any atom is 0.573 e. The Hall–Kier alpha value is -4.96. The number of thioether (sulfide) groups is 1. The Bertz CT molecular complexity index is 1750. The normalized spacial score (nSPS) is 14.2. The van der Waals surface area contributed by atoms with Crippen molar-refractivity contribution in [3.8, 4) is 11.4 Å². The van der Waals surface area contributed by atoms with Crippen molar-refractivity contribution in [2.45, 2.75) is 26.4 Å². The van der Waals surface area contributed by atoms with Gasteiger partial charge in [-0.15, -0.1) is 18.3 Å². The molecule has 5 rings (SSSR count). The third kappa shape index (κ3) is 7.96. The van der Waals surface area contributed by atoms with Gasteiger partial charge in [0.05, 0.1) is 36.0 Å². The number of benzene rings is 3. The van der Waals surface area contributed by atoms with Crippen molar-refractivity contribution in [3.05, 3.63) is 89.8 Å². The molecule has 234 valence electrons. The third-order valence-corrected chi connectivity index (χ3v) is 7.20. The zero-order valence-corrected chi connectivity index (χ0v) is 24.6. The Morgan fingerprint density at radius 2 is 1.89 bits per heavy atom. The first-order chi connectivity index (χ1) is 21.5. The molecule has 0 aliphatic carbocycles. The molecule has 2 N–H and O–H groups in total. The molecule has 1 aromatic heterocycles. The highest BCUT2D eigenvalue weighted by atomic mass is 32.2. The number of rotatable bonds is 9. The maximum absolute atomic E-state index is 14.9. The Morgan fingerprint density at radius 3 is 2.60 bits per heavy atom. The molecule has 11 nitrogen and oxygen atoms in total. The molecule has 0 atom stereocenters. The van der Waals surface area contributed by atoms with Crippen LogP contribution in [-0.4, -0.2) is 51.1 Å². The number of amides is 3. The molecule has 16 heteroatoms. The summed E-state index contributed by atoms with van der Waals surface area (Å²) in [6.45, 7) is 2.18. The van der Waals surface area contributed by atoms with Crippen LogP contribution in [0.2, 0.25) is 0 Å². The van der Waals surface area contributed by atoms with Crippen LogP contribution in [0.1, 0.15) is 17.0 Å². The van der Waals surface area contributed by atoms with Gasteiger partial charge in [-0.25, -0.2) is 18.9 Å². The first-order valence-electron chi connectivity index (χ1n) is 13.2. The van der Waals surface area contributed by atoms with E-state index in [9.17, 15) is 27.2 Å². The molecule has 0 radical (unpaired) electrons. The van der Waals surface area contributed by atoms with Gasteiger partial charge in [0.15, 0.2) is 11.0 Å². The number of amidine groups is 1. The van der Waals surface area contributed by atoms with E-state index in [2.05, 4.69) is 30.4 Å². The molecule has 0 spiro atoms. The number of ether oxygens (including phenoxy) is 2. The van der Waals surface area contributed by atoms with Crippen molar-refractivity contribution in [2.75, 3.05) is 28.4 Å². The van der Waals surface area contributed by atoms with E-state index in [1.807, 2.05) is 25.1 Å². The van der Waals surface area contributed by atoms with Gasteiger partial charge < -0.3 is 20.1 Å². The lowest BCUT2D eigenvalue weighted by Gasteiger charge is -2.20. The van der Waals surface area contributed by atoms with Gasteiger partial charge in [0.25, 0.3) is 0 Å². The minimum absolute atomic E-state index is 0.0314. The fourth-order valence-corrected chi connectivity index (χ4v) is 5.15. The lowest BCUT2D eigenvalue weighted by atomic mass is 10.1. The van der Waals surface area contributed by atoms with Gasteiger partial charge in [-0.1, -0.05) is 23.9 Å². The second kappa shape index (κ2) is 13.4. The van der Waals surface area contributed by atoms with Crippen molar-refractivity contribution < 1.29 is 36.6 Å². The number of aryl methyl sites for hydroxylation is 1. The van der Waals surface area contributed by atoms with E-state index in [0.717, 1.165) is 41.1 Å². The fraction of sp³-hybridized carbons (Fsp3) is 0.207. The highest BCUT2D eigenvalue weighted by molar-refractivity contribution is 8.15. The number of aromatic nitrogens is 3. The van der Waals surface area contributed by atoms with Crippen molar-refractivity contribution in [1.29, 1.82) is 0 Å². The summed E-state index contributed by atoms with van der Waals surface area (Å²) in [5.74, 6) is -0.879. The number of nitrogens with zero attached hydrogens (tertiary/aromatic N) is 5. The first kappa shape index (κ1) is 31.5. The predicted octanol–water partition coefficient (Wildman–Crippen LogP) is 6.04. The van der Waals surface area contributed by atoms with Crippen LogP contribution in [0, 0.1) is 12.7 Å². The molecule has 45 heavy (non-hydrogen) atoms. The molecule has 0 saturated carbocycles. The zero-order valence-electron chi connectivity index (χ0n) is 23.8. The first-order valence-corrected chi connectivity index (χ1v) is 14.2. The van der Waals surface area contributed by atoms with Crippen LogP contribution >= 0.6 is 11.8 Å². The second-order valence-corrected chi connectivity index (χ2v) is 10.5. The molecular formula is C29H25F4N7O4S. The Labute approximate surface area is 258 Å². The minimum atomic E-state index is -4.80. The van der Waals surface area contributed by atoms with Gasteiger partial charge >= 0.3 is 12.4 Å². The summed E-state index contributed by atoms with van der Waals surface area (Å²) in [4.78, 5) is 35.0. The number of aliphatic imine (C=N–C) groups is 1. The zero-order chi connectivity index (χ0) is 32.1. The van der Waals surface area contributed by atoms with Crippen LogP contribution < -0.4 is 20.3 Å². The summed E-state index contributed by atoms with van der Waals surface area (Å²) >= 11 is 1.12. The van der Waals surface area contributed by atoms with E-state index in [1.165, 1.54) is 40.2 Å². The third-order valence-electron chi connectivity index (χ3n) is 6.28. The predicted molar refractivity (Wildman–Crippen MR) is 160 cm³/mol. The smallest absolute Gasteiger partial charge is 0.406 e. The number of anilines is 3. The number of carbonyl (C=O) groups is 2. The van der Waals surface area contributed by atoms with Gasteiger partial charge in [0.1, 0.15) is 17.9 Å². The number of hydrogen-bond donors (Lipinski definition) is 2. The van der Waals surface area contributed by atoms with Crippen molar-refractivity contribution in [3.63, 3.8) is 0 Å². The van der Waals surface area contributed by atoms with E-state index in [0.29, 0.717) is 11.4 Å². The van der Waals surface area contributed by atoms with E-state index in [-0.39, 0.29) is 52.9 Å². The fourth-order valence-electron chi connectivity index (χ4n) is 4.29. The number of methoxy groups -OCH3 is 1. The summed E-state index contributed by atoms with van der Waals surface area (Å²) in [6.07, 6.45) is -3.43. The summed E-state index contributed by atoms with van der Waals surface area (Å²) in [5, 5.41) is 9.81. The second-order valence-electron chi connectivity index (χ2n) is 9.60. The van der Waals surface area contributed by atoms with Gasteiger partial charge in [-0.3, -0.25) is 9.69 Å². The average Bonchev–Trinajstić information content (AvgIpc) is 3.59. The molecule has 0 bridgehead atoms. The van der Waals surface area contributed by atoms with Gasteiger partial charge in [-0.2, -0.15) is 4.99 Å². The molecule has 2 heterocycles. The average molecular weight is 644 g/mol.